The molecule has 1 aromatic carbocycles. The Balaban J connectivity index is 1.49. The number of nitrogens with one attached hydrogen (secondary N) is 1. The van der Waals surface area contributed by atoms with Crippen LogP contribution in [-0.2, 0) is 10.3 Å². The third kappa shape index (κ3) is 4.64. The highest BCUT2D eigenvalue weighted by Crippen LogP contribution is 2.30. The molecule has 0 radical (unpaired) electrons. The Labute approximate surface area is 217 Å². The van der Waals surface area contributed by atoms with E-state index in [1.54, 1.807) is 16.9 Å². The molecule has 0 saturated carbocycles. The summed E-state index contributed by atoms with van der Waals surface area (Å²) in [4.78, 5) is 20.0. The van der Waals surface area contributed by atoms with E-state index in [9.17, 15) is 4.79 Å². The highest BCUT2D eigenvalue weighted by atomic mass is 127. The minimum atomic E-state index is -0.185. The van der Waals surface area contributed by atoms with Gasteiger partial charge in [-0.2, -0.15) is 10.2 Å². The van der Waals surface area contributed by atoms with Gasteiger partial charge in [0.15, 0.2) is 5.65 Å². The predicted molar refractivity (Wildman–Crippen MR) is 144 cm³/mol. The number of aromatic nitrogens is 5. The lowest BCUT2D eigenvalue weighted by molar-refractivity contribution is 0.102. The Morgan fingerprint density at radius 2 is 1.94 bits per heavy atom. The van der Waals surface area contributed by atoms with Gasteiger partial charge in [0.1, 0.15) is 3.70 Å². The molecular formula is C25H28IN7O2. The Kier molecular flexibility index (Phi) is 6.26. The van der Waals surface area contributed by atoms with Gasteiger partial charge in [0.25, 0.3) is 5.91 Å². The van der Waals surface area contributed by atoms with E-state index in [4.69, 9.17) is 9.84 Å². The van der Waals surface area contributed by atoms with Crippen LogP contribution in [0.5, 0.6) is 0 Å². The van der Waals surface area contributed by atoms with Crippen LogP contribution in [0.3, 0.4) is 0 Å². The maximum atomic E-state index is 13.2. The number of amides is 1. The molecular weight excluding hydrogens is 557 g/mol. The number of anilines is 2. The summed E-state index contributed by atoms with van der Waals surface area (Å²) in [6.45, 7) is 11.2. The van der Waals surface area contributed by atoms with Gasteiger partial charge in [-0.25, -0.2) is 9.50 Å². The van der Waals surface area contributed by atoms with Gasteiger partial charge in [-0.15, -0.1) is 0 Å². The number of carbonyl (C=O) groups is 1. The zero-order valence-electron chi connectivity index (χ0n) is 20.2. The maximum absolute atomic E-state index is 13.2. The molecule has 0 atom stereocenters. The number of ether oxygens (including phenoxy) is 1. The molecule has 35 heavy (non-hydrogen) atoms. The van der Waals surface area contributed by atoms with Crippen molar-refractivity contribution in [3.05, 3.63) is 57.7 Å². The number of nitrogens with zero attached hydrogens (tertiary/aromatic N) is 6. The van der Waals surface area contributed by atoms with E-state index < -0.39 is 0 Å². The number of halogens is 1. The van der Waals surface area contributed by atoms with Gasteiger partial charge in [-0.05, 0) is 74.0 Å². The van der Waals surface area contributed by atoms with Crippen molar-refractivity contribution < 1.29 is 9.53 Å². The van der Waals surface area contributed by atoms with Crippen LogP contribution in [0.1, 0.15) is 36.7 Å². The van der Waals surface area contributed by atoms with E-state index in [0.29, 0.717) is 24.5 Å². The zero-order valence-corrected chi connectivity index (χ0v) is 22.4. The molecule has 5 rings (SSSR count). The molecule has 1 N–H and O–H groups in total. The highest BCUT2D eigenvalue weighted by Gasteiger charge is 2.22. The third-order valence-corrected chi connectivity index (χ3v) is 7.10. The number of rotatable bonds is 4. The topological polar surface area (TPSA) is 89.6 Å². The SMILES string of the molecule is Cc1ccc(C(=O)Nc2cnn(C(C)(C)C)c2I)cc1-c1cc(N2CCOCC2)c2nccn2n1. The van der Waals surface area contributed by atoms with Crippen molar-refractivity contribution >= 4 is 45.5 Å². The van der Waals surface area contributed by atoms with Crippen LogP contribution in [-0.4, -0.2) is 56.6 Å². The molecule has 10 heteroatoms. The molecule has 9 nitrogen and oxygen atoms in total. The second-order valence-corrected chi connectivity index (χ2v) is 10.6. The summed E-state index contributed by atoms with van der Waals surface area (Å²) >= 11 is 2.22. The van der Waals surface area contributed by atoms with Crippen LogP contribution in [0.25, 0.3) is 16.9 Å². The number of imidazole rings is 1. The largest absolute Gasteiger partial charge is 0.378 e. The van der Waals surface area contributed by atoms with Crippen molar-refractivity contribution in [2.45, 2.75) is 33.2 Å². The molecule has 0 spiro atoms. The van der Waals surface area contributed by atoms with Crippen LogP contribution in [0.4, 0.5) is 11.4 Å². The van der Waals surface area contributed by atoms with Crippen molar-refractivity contribution in [2.24, 2.45) is 0 Å². The Hall–Kier alpha value is -2.99. The fourth-order valence-corrected chi connectivity index (χ4v) is 5.31. The van der Waals surface area contributed by atoms with Gasteiger partial charge in [-0.3, -0.25) is 9.48 Å². The molecule has 4 aromatic rings. The first-order valence-electron chi connectivity index (χ1n) is 11.6. The number of morpholine rings is 1. The van der Waals surface area contributed by atoms with E-state index in [1.807, 2.05) is 36.0 Å². The van der Waals surface area contributed by atoms with Crippen LogP contribution in [0.2, 0.25) is 0 Å². The quantitative estimate of drug-likeness (QED) is 0.359. The summed E-state index contributed by atoms with van der Waals surface area (Å²) in [6.07, 6.45) is 5.30. The van der Waals surface area contributed by atoms with Gasteiger partial charge in [0.2, 0.25) is 0 Å². The van der Waals surface area contributed by atoms with Gasteiger partial charge in [0.05, 0.1) is 42.0 Å². The molecule has 1 amide bonds. The number of aryl methyl sites for hydroxylation is 1. The normalized spacial score (nSPS) is 14.5. The first kappa shape index (κ1) is 23.7. The van der Waals surface area contributed by atoms with Crippen molar-refractivity contribution in [1.29, 1.82) is 0 Å². The Morgan fingerprint density at radius 3 is 2.66 bits per heavy atom. The van der Waals surface area contributed by atoms with E-state index in [1.165, 1.54) is 0 Å². The lowest BCUT2D eigenvalue weighted by Gasteiger charge is -2.29. The summed E-state index contributed by atoms with van der Waals surface area (Å²) in [5, 5.41) is 12.3. The van der Waals surface area contributed by atoms with Crippen molar-refractivity contribution in [2.75, 3.05) is 36.5 Å². The fraction of sp³-hybridized carbons (Fsp3) is 0.360. The second-order valence-electron chi connectivity index (χ2n) is 9.63. The minimum Gasteiger partial charge on any atom is -0.378 e. The summed E-state index contributed by atoms with van der Waals surface area (Å²) in [6, 6.07) is 7.77. The summed E-state index contributed by atoms with van der Waals surface area (Å²) < 4.78 is 10.1. The highest BCUT2D eigenvalue weighted by molar-refractivity contribution is 14.1. The summed E-state index contributed by atoms with van der Waals surface area (Å²) in [5.74, 6) is -0.185. The predicted octanol–water partition coefficient (Wildman–Crippen LogP) is 4.35. The molecule has 0 bridgehead atoms. The molecule has 182 valence electrons. The van der Waals surface area contributed by atoms with Gasteiger partial charge in [-0.1, -0.05) is 6.07 Å². The number of hydrogen-bond donors (Lipinski definition) is 1. The Bertz CT molecular complexity index is 1400. The molecule has 1 saturated heterocycles. The molecule has 3 aromatic heterocycles. The standard InChI is InChI=1S/C25H28IN7O2/c1-16-5-6-17(24(34)29-20-15-28-33(22(20)26)25(2,3)4)13-18(16)19-14-21(31-9-11-35-12-10-31)23-27-7-8-32(23)30-19/h5-8,13-15H,9-12H2,1-4H3,(H,29,34). The number of carbonyl (C=O) groups excluding carboxylic acids is 1. The first-order valence-corrected chi connectivity index (χ1v) is 12.6. The van der Waals surface area contributed by atoms with Crippen molar-refractivity contribution in [3.8, 4) is 11.3 Å². The minimum absolute atomic E-state index is 0.174. The van der Waals surface area contributed by atoms with Crippen LogP contribution in [0.15, 0.2) is 42.9 Å². The fourth-order valence-electron chi connectivity index (χ4n) is 4.19. The molecule has 1 aliphatic heterocycles. The Morgan fingerprint density at radius 1 is 1.17 bits per heavy atom. The maximum Gasteiger partial charge on any atom is 0.255 e. The van der Waals surface area contributed by atoms with Crippen LogP contribution >= 0.6 is 22.6 Å². The third-order valence-electron chi connectivity index (χ3n) is 6.06. The zero-order chi connectivity index (χ0) is 24.7. The molecule has 1 fully saturated rings. The first-order chi connectivity index (χ1) is 16.7. The average molecular weight is 585 g/mol. The van der Waals surface area contributed by atoms with Gasteiger partial charge < -0.3 is 15.0 Å². The van der Waals surface area contributed by atoms with Gasteiger partial charge in [0, 0.05) is 36.6 Å². The van der Waals surface area contributed by atoms with Crippen molar-refractivity contribution in [1.82, 2.24) is 24.4 Å². The van der Waals surface area contributed by atoms with Crippen LogP contribution < -0.4 is 10.2 Å². The van der Waals surface area contributed by atoms with Crippen molar-refractivity contribution in [3.63, 3.8) is 0 Å². The lowest BCUT2D eigenvalue weighted by atomic mass is 10.0. The van der Waals surface area contributed by atoms with Crippen LogP contribution in [0, 0.1) is 10.6 Å². The summed E-state index contributed by atoms with van der Waals surface area (Å²) in [7, 11) is 0. The number of benzene rings is 1. The summed E-state index contributed by atoms with van der Waals surface area (Å²) in [5.41, 5.74) is 5.64. The molecule has 0 aliphatic carbocycles. The van der Waals surface area contributed by atoms with Gasteiger partial charge >= 0.3 is 0 Å². The second kappa shape index (κ2) is 9.23. The van der Waals surface area contributed by atoms with E-state index in [0.717, 1.165) is 44.9 Å². The average Bonchev–Trinajstić information content (AvgIpc) is 3.45. The number of hydrogen-bond acceptors (Lipinski definition) is 6. The smallest absolute Gasteiger partial charge is 0.255 e. The lowest BCUT2D eigenvalue weighted by Crippen LogP contribution is -2.36. The van der Waals surface area contributed by atoms with E-state index in [2.05, 4.69) is 69.7 Å². The monoisotopic (exact) mass is 585 g/mol. The molecule has 4 heterocycles. The van der Waals surface area contributed by atoms with E-state index >= 15 is 0 Å². The molecule has 1 aliphatic rings. The van der Waals surface area contributed by atoms with E-state index in [-0.39, 0.29) is 11.4 Å². The molecule has 0 unspecified atom stereocenters. The number of fused-ring (bicyclic) bond motifs is 1.